The highest BCUT2D eigenvalue weighted by Crippen LogP contribution is 2.09. The van der Waals surface area contributed by atoms with Gasteiger partial charge >= 0.3 is 5.97 Å². The number of hydrogen-bond donors (Lipinski definition) is 0. The lowest BCUT2D eigenvalue weighted by Gasteiger charge is -2.03. The molecule has 1 aromatic rings. The van der Waals surface area contributed by atoms with Crippen LogP contribution in [0.15, 0.2) is 12.3 Å². The fraction of sp³-hybridized carbons (Fsp3) is 0.300. The fourth-order valence-corrected chi connectivity index (χ4v) is 1.07. The molecule has 0 aliphatic carbocycles. The zero-order valence-electron chi connectivity index (χ0n) is 8.33. The van der Waals surface area contributed by atoms with Gasteiger partial charge in [-0.1, -0.05) is 0 Å². The van der Waals surface area contributed by atoms with Crippen molar-refractivity contribution < 1.29 is 14.3 Å². The third-order valence-corrected chi connectivity index (χ3v) is 1.88. The van der Waals surface area contributed by atoms with Crippen molar-refractivity contribution >= 4 is 11.8 Å². The Labute approximate surface area is 81.9 Å². The Kier molecular flexibility index (Phi) is 2.96. The smallest absolute Gasteiger partial charge is 0.339 e. The van der Waals surface area contributed by atoms with Gasteiger partial charge in [0.2, 0.25) is 0 Å². The molecule has 0 radical (unpaired) electrons. The number of ether oxygens (including phenoxy) is 1. The highest BCUT2D eigenvalue weighted by Gasteiger charge is 2.11. The van der Waals surface area contributed by atoms with Gasteiger partial charge in [-0.05, 0) is 18.6 Å². The number of carbonyl (C=O) groups excluding carboxylic acids is 2. The highest BCUT2D eigenvalue weighted by atomic mass is 16.5. The van der Waals surface area contributed by atoms with E-state index in [0.717, 1.165) is 0 Å². The molecule has 14 heavy (non-hydrogen) atoms. The number of aryl methyl sites for hydroxylation is 1. The van der Waals surface area contributed by atoms with E-state index in [1.54, 1.807) is 13.0 Å². The van der Waals surface area contributed by atoms with Crippen molar-refractivity contribution in [3.8, 4) is 0 Å². The second kappa shape index (κ2) is 4.00. The largest absolute Gasteiger partial charge is 0.465 e. The maximum Gasteiger partial charge on any atom is 0.339 e. The first-order chi connectivity index (χ1) is 6.56. The SMILES string of the molecule is COC(=O)c1cnc(C(C)=O)cc1C. The summed E-state index contributed by atoms with van der Waals surface area (Å²) in [6.07, 6.45) is 1.36. The quantitative estimate of drug-likeness (QED) is 0.526. The number of Topliss-reactive ketones (excluding diaryl/α,β-unsaturated/α-hetero) is 1. The molecule has 1 rings (SSSR count). The van der Waals surface area contributed by atoms with Gasteiger partial charge in [-0.2, -0.15) is 0 Å². The summed E-state index contributed by atoms with van der Waals surface area (Å²) in [6, 6.07) is 1.58. The molecule has 1 aromatic heterocycles. The molecule has 1 heterocycles. The zero-order valence-corrected chi connectivity index (χ0v) is 8.33. The third kappa shape index (κ3) is 1.96. The van der Waals surface area contributed by atoms with Crippen LogP contribution in [0.4, 0.5) is 0 Å². The molecule has 0 N–H and O–H groups in total. The lowest BCUT2D eigenvalue weighted by atomic mass is 10.1. The van der Waals surface area contributed by atoms with E-state index >= 15 is 0 Å². The molecule has 4 heteroatoms. The van der Waals surface area contributed by atoms with E-state index in [-0.39, 0.29) is 5.78 Å². The molecule has 74 valence electrons. The van der Waals surface area contributed by atoms with Gasteiger partial charge in [-0.25, -0.2) is 4.79 Å². The van der Waals surface area contributed by atoms with Crippen molar-refractivity contribution in [2.45, 2.75) is 13.8 Å². The molecule has 0 saturated heterocycles. The molecule has 0 saturated carbocycles. The average Bonchev–Trinajstić information content (AvgIpc) is 2.16. The second-order valence-electron chi connectivity index (χ2n) is 2.93. The van der Waals surface area contributed by atoms with Crippen LogP contribution in [0, 0.1) is 6.92 Å². The van der Waals surface area contributed by atoms with E-state index in [2.05, 4.69) is 9.72 Å². The maximum atomic E-state index is 11.2. The molecule has 0 spiro atoms. The molecular formula is C10H11NO3. The number of aromatic nitrogens is 1. The summed E-state index contributed by atoms with van der Waals surface area (Å²) < 4.78 is 4.55. The van der Waals surface area contributed by atoms with Crippen LogP contribution in [-0.4, -0.2) is 23.8 Å². The van der Waals surface area contributed by atoms with Gasteiger partial charge in [0.25, 0.3) is 0 Å². The minimum Gasteiger partial charge on any atom is -0.465 e. The maximum absolute atomic E-state index is 11.2. The Balaban J connectivity index is 3.14. The van der Waals surface area contributed by atoms with Crippen molar-refractivity contribution in [2.75, 3.05) is 7.11 Å². The lowest BCUT2D eigenvalue weighted by molar-refractivity contribution is 0.0599. The Morgan fingerprint density at radius 1 is 1.43 bits per heavy atom. The predicted octanol–water partition coefficient (Wildman–Crippen LogP) is 1.38. The van der Waals surface area contributed by atoms with Crippen molar-refractivity contribution in [1.82, 2.24) is 4.98 Å². The minimum absolute atomic E-state index is 0.121. The van der Waals surface area contributed by atoms with Gasteiger partial charge < -0.3 is 4.74 Å². The van der Waals surface area contributed by atoms with Gasteiger partial charge in [0, 0.05) is 13.1 Å². The lowest BCUT2D eigenvalue weighted by Crippen LogP contribution is -2.07. The minimum atomic E-state index is -0.440. The molecule has 4 nitrogen and oxygen atoms in total. The van der Waals surface area contributed by atoms with Gasteiger partial charge in [0.1, 0.15) is 5.69 Å². The number of esters is 1. The molecule has 0 atom stereocenters. The summed E-state index contributed by atoms with van der Waals surface area (Å²) in [6.45, 7) is 3.17. The van der Waals surface area contributed by atoms with Gasteiger partial charge in [-0.3, -0.25) is 9.78 Å². The first-order valence-electron chi connectivity index (χ1n) is 4.12. The standard InChI is InChI=1S/C10H11NO3/c1-6-4-9(7(2)12)11-5-8(6)10(13)14-3/h4-5H,1-3H3. The summed E-state index contributed by atoms with van der Waals surface area (Å²) in [5.41, 5.74) is 1.43. The van der Waals surface area contributed by atoms with Crippen LogP contribution >= 0.6 is 0 Å². The number of ketones is 1. The summed E-state index contributed by atoms with van der Waals surface area (Å²) in [4.78, 5) is 26.0. The second-order valence-corrected chi connectivity index (χ2v) is 2.93. The molecule has 0 unspecified atom stereocenters. The van der Waals surface area contributed by atoms with Crippen LogP contribution in [0.25, 0.3) is 0 Å². The predicted molar refractivity (Wildman–Crippen MR) is 50.3 cm³/mol. The molecule has 0 fully saturated rings. The Morgan fingerprint density at radius 2 is 2.07 bits per heavy atom. The third-order valence-electron chi connectivity index (χ3n) is 1.88. The van der Waals surface area contributed by atoms with E-state index in [4.69, 9.17) is 0 Å². The van der Waals surface area contributed by atoms with Crippen molar-refractivity contribution in [3.63, 3.8) is 0 Å². The van der Waals surface area contributed by atoms with Crippen LogP contribution in [0.1, 0.15) is 33.3 Å². The van der Waals surface area contributed by atoms with E-state index in [1.807, 2.05) is 0 Å². The monoisotopic (exact) mass is 193 g/mol. The first kappa shape index (κ1) is 10.4. The number of hydrogen-bond acceptors (Lipinski definition) is 4. The Bertz CT molecular complexity index is 385. The molecule has 0 aliphatic heterocycles. The molecule has 0 bridgehead atoms. The van der Waals surface area contributed by atoms with Crippen LogP contribution in [0.2, 0.25) is 0 Å². The molecular weight excluding hydrogens is 182 g/mol. The Hall–Kier alpha value is -1.71. The van der Waals surface area contributed by atoms with Crippen LogP contribution in [-0.2, 0) is 4.74 Å². The molecule has 0 aliphatic rings. The van der Waals surface area contributed by atoms with E-state index < -0.39 is 5.97 Å². The summed E-state index contributed by atoms with van der Waals surface area (Å²) >= 11 is 0. The molecule has 0 aromatic carbocycles. The summed E-state index contributed by atoms with van der Waals surface area (Å²) in [5.74, 6) is -0.561. The van der Waals surface area contributed by atoms with E-state index in [0.29, 0.717) is 16.8 Å². The van der Waals surface area contributed by atoms with E-state index in [9.17, 15) is 9.59 Å². The summed E-state index contributed by atoms with van der Waals surface area (Å²) in [5, 5.41) is 0. The van der Waals surface area contributed by atoms with Crippen LogP contribution < -0.4 is 0 Å². The van der Waals surface area contributed by atoms with Gasteiger partial charge in [0.05, 0.1) is 12.7 Å². The van der Waals surface area contributed by atoms with Crippen molar-refractivity contribution in [3.05, 3.63) is 29.1 Å². The van der Waals surface area contributed by atoms with Crippen molar-refractivity contribution in [1.29, 1.82) is 0 Å². The number of methoxy groups -OCH3 is 1. The molecule has 0 amide bonds. The Morgan fingerprint density at radius 3 is 2.50 bits per heavy atom. The van der Waals surface area contributed by atoms with E-state index in [1.165, 1.54) is 20.2 Å². The number of carbonyl (C=O) groups is 2. The highest BCUT2D eigenvalue weighted by molar-refractivity contribution is 5.95. The zero-order chi connectivity index (χ0) is 10.7. The normalized spacial score (nSPS) is 9.64. The first-order valence-corrected chi connectivity index (χ1v) is 4.12. The van der Waals surface area contributed by atoms with Gasteiger partial charge in [-0.15, -0.1) is 0 Å². The number of nitrogens with zero attached hydrogens (tertiary/aromatic N) is 1. The summed E-state index contributed by atoms with van der Waals surface area (Å²) in [7, 11) is 1.31. The topological polar surface area (TPSA) is 56.3 Å². The number of pyridine rings is 1. The van der Waals surface area contributed by atoms with Crippen LogP contribution in [0.3, 0.4) is 0 Å². The van der Waals surface area contributed by atoms with Gasteiger partial charge in [0.15, 0.2) is 5.78 Å². The number of rotatable bonds is 2. The fourth-order valence-electron chi connectivity index (χ4n) is 1.07. The van der Waals surface area contributed by atoms with Crippen molar-refractivity contribution in [2.24, 2.45) is 0 Å². The van der Waals surface area contributed by atoms with Crippen LogP contribution in [0.5, 0.6) is 0 Å². The average molecular weight is 193 g/mol.